The highest BCUT2D eigenvalue weighted by molar-refractivity contribution is 5.27. The van der Waals surface area contributed by atoms with Crippen molar-refractivity contribution in [1.82, 2.24) is 10.2 Å². The third-order valence-electron chi connectivity index (χ3n) is 6.81. The summed E-state index contributed by atoms with van der Waals surface area (Å²) in [7, 11) is 2.80. The summed E-state index contributed by atoms with van der Waals surface area (Å²) in [5.74, 6) is -5.21. The second kappa shape index (κ2) is 9.82. The first kappa shape index (κ1) is 24.9. The lowest BCUT2D eigenvalue weighted by atomic mass is 9.74. The molecule has 0 amide bonds. The van der Waals surface area contributed by atoms with E-state index in [0.717, 1.165) is 24.3 Å². The van der Waals surface area contributed by atoms with E-state index in [1.54, 1.807) is 4.90 Å². The molecule has 0 spiro atoms. The predicted octanol–water partition coefficient (Wildman–Crippen LogP) is 4.45. The van der Waals surface area contributed by atoms with E-state index in [1.807, 2.05) is 0 Å². The summed E-state index contributed by atoms with van der Waals surface area (Å²) in [6, 6.07) is 5.60. The molecule has 7 nitrogen and oxygen atoms in total. The molecule has 1 N–H and O–H groups in total. The van der Waals surface area contributed by atoms with Crippen molar-refractivity contribution in [2.45, 2.75) is 44.2 Å². The molecule has 2 bridgehead atoms. The van der Waals surface area contributed by atoms with Crippen LogP contribution in [0.2, 0.25) is 0 Å². The number of ether oxygens (including phenoxy) is 2. The average molecular weight is 495 g/mol. The van der Waals surface area contributed by atoms with Crippen LogP contribution in [0.5, 0.6) is 0 Å². The zero-order valence-electron chi connectivity index (χ0n) is 19.2. The Morgan fingerprint density at radius 2 is 1.63 bits per heavy atom. The van der Waals surface area contributed by atoms with Crippen molar-refractivity contribution in [1.29, 1.82) is 0 Å². The topological polar surface area (TPSA) is 76.9 Å². The number of methoxy groups -OCH3 is 2. The zero-order valence-corrected chi connectivity index (χ0v) is 19.2. The van der Waals surface area contributed by atoms with E-state index in [-0.39, 0.29) is 35.7 Å². The quantitative estimate of drug-likeness (QED) is 0.252. The first-order valence-electron chi connectivity index (χ1n) is 11.1. The van der Waals surface area contributed by atoms with Crippen molar-refractivity contribution in [2.24, 2.45) is 5.92 Å². The zero-order chi connectivity index (χ0) is 25.3. The molecule has 2 unspecified atom stereocenters. The second-order valence-corrected chi connectivity index (χ2v) is 8.57. The number of benzene rings is 2. The molecule has 1 saturated carbocycles. The van der Waals surface area contributed by atoms with Crippen molar-refractivity contribution in [3.05, 3.63) is 92.4 Å². The van der Waals surface area contributed by atoms with E-state index in [4.69, 9.17) is 9.47 Å². The van der Waals surface area contributed by atoms with E-state index in [2.05, 4.69) is 5.32 Å². The van der Waals surface area contributed by atoms with Crippen LogP contribution in [0.3, 0.4) is 0 Å². The Morgan fingerprint density at radius 1 is 1.03 bits per heavy atom. The molecule has 35 heavy (non-hydrogen) atoms. The second-order valence-electron chi connectivity index (χ2n) is 8.57. The van der Waals surface area contributed by atoms with Crippen LogP contribution in [0.4, 0.5) is 17.6 Å². The molecule has 0 radical (unpaired) electrons. The first-order valence-corrected chi connectivity index (χ1v) is 11.1. The van der Waals surface area contributed by atoms with E-state index < -0.39 is 45.9 Å². The van der Waals surface area contributed by atoms with Gasteiger partial charge >= 0.3 is 0 Å². The molecule has 4 rings (SSSR count). The van der Waals surface area contributed by atoms with E-state index in [0.29, 0.717) is 19.3 Å². The van der Waals surface area contributed by atoms with Crippen LogP contribution >= 0.6 is 0 Å². The molecule has 188 valence electrons. The van der Waals surface area contributed by atoms with Crippen LogP contribution in [-0.4, -0.2) is 35.9 Å². The summed E-state index contributed by atoms with van der Waals surface area (Å²) in [6.07, 6.45) is 1.55. The molecule has 2 atom stereocenters. The summed E-state index contributed by atoms with van der Waals surface area (Å²) in [5.41, 5.74) is -0.0452. The molecular weight excluding hydrogens is 470 g/mol. The fraction of sp³-hybridized carbons (Fsp3) is 0.417. The van der Waals surface area contributed by atoms with Crippen molar-refractivity contribution >= 4 is 0 Å². The highest BCUT2D eigenvalue weighted by Crippen LogP contribution is 2.49. The molecule has 1 aliphatic heterocycles. The highest BCUT2D eigenvalue weighted by Gasteiger charge is 2.61. The third kappa shape index (κ3) is 4.45. The van der Waals surface area contributed by atoms with Crippen molar-refractivity contribution in [2.75, 3.05) is 14.2 Å². The van der Waals surface area contributed by atoms with Crippen molar-refractivity contribution in [3.63, 3.8) is 0 Å². The summed E-state index contributed by atoms with van der Waals surface area (Å²) in [6.45, 7) is -0.350. The number of halogens is 4. The number of hydrogen-bond donors (Lipinski definition) is 1. The Balaban J connectivity index is 1.82. The molecule has 1 aliphatic carbocycles. The van der Waals surface area contributed by atoms with Gasteiger partial charge in [0.25, 0.3) is 5.70 Å². The fourth-order valence-electron chi connectivity index (χ4n) is 5.23. The normalized spacial score (nSPS) is 21.3. The van der Waals surface area contributed by atoms with Gasteiger partial charge in [0.2, 0.25) is 5.79 Å². The van der Waals surface area contributed by atoms with Gasteiger partial charge in [0.1, 0.15) is 29.2 Å². The maximum atomic E-state index is 14.6. The van der Waals surface area contributed by atoms with Gasteiger partial charge in [0.15, 0.2) is 5.82 Å². The first-order chi connectivity index (χ1) is 16.7. The molecule has 2 aromatic rings. The third-order valence-corrected chi connectivity index (χ3v) is 6.81. The van der Waals surface area contributed by atoms with Gasteiger partial charge in [0.05, 0.1) is 11.0 Å². The molecule has 11 heteroatoms. The van der Waals surface area contributed by atoms with Crippen LogP contribution in [0.25, 0.3) is 0 Å². The molecule has 1 heterocycles. The van der Waals surface area contributed by atoms with Crippen molar-refractivity contribution < 1.29 is 32.0 Å². The minimum atomic E-state index is -1.39. The number of nitro groups is 1. The number of nitrogens with zero attached hydrogens (tertiary/aromatic N) is 2. The number of fused-ring (bicyclic) bond motifs is 2. The summed E-state index contributed by atoms with van der Waals surface area (Å²) >= 11 is 0. The van der Waals surface area contributed by atoms with Crippen LogP contribution in [0.1, 0.15) is 30.4 Å². The highest BCUT2D eigenvalue weighted by atomic mass is 19.1. The minimum Gasteiger partial charge on any atom is -0.362 e. The lowest BCUT2D eigenvalue weighted by molar-refractivity contribution is -0.456. The minimum absolute atomic E-state index is 0.0573. The van der Waals surface area contributed by atoms with E-state index >= 15 is 0 Å². The Hall–Kier alpha value is -3.18. The maximum Gasteiger partial charge on any atom is 0.294 e. The molecule has 1 fully saturated rings. The van der Waals surface area contributed by atoms with Gasteiger partial charge < -0.3 is 19.7 Å². The smallest absolute Gasteiger partial charge is 0.294 e. The number of nitrogens with one attached hydrogen (secondary N) is 1. The van der Waals surface area contributed by atoms with Gasteiger partial charge in [0, 0.05) is 50.6 Å². The van der Waals surface area contributed by atoms with Gasteiger partial charge in [-0.2, -0.15) is 0 Å². The fourth-order valence-corrected chi connectivity index (χ4v) is 5.23. The lowest BCUT2D eigenvalue weighted by Gasteiger charge is -2.54. The number of rotatable bonds is 8. The van der Waals surface area contributed by atoms with E-state index in [9.17, 15) is 27.7 Å². The Morgan fingerprint density at radius 3 is 2.17 bits per heavy atom. The summed E-state index contributed by atoms with van der Waals surface area (Å²) in [5, 5.41) is 15.3. The Bertz CT molecular complexity index is 1160. The van der Waals surface area contributed by atoms with Gasteiger partial charge in [-0.05, 0) is 25.0 Å². The molecule has 2 aromatic carbocycles. The Kier molecular flexibility index (Phi) is 7.00. The van der Waals surface area contributed by atoms with Gasteiger partial charge in [-0.15, -0.1) is 0 Å². The molecule has 0 aromatic heterocycles. The standard InChI is InChI=1S/C24H25F4N3O4/c1-34-24(35-2)18-4-3-5-21(24)30(13-15-7-9-17(26)11-20(15)28)23(22(18)31(32)33)29-12-14-6-8-16(25)10-19(14)27/h6-11,18,21,29H,3-5,12-13H2,1-2H3. The SMILES string of the molecule is COC1(OC)C2CCCC1N(Cc1ccc(F)cc1F)C(NCc1ccc(F)cc1F)=C2[N+](=O)[O-]. The van der Waals surface area contributed by atoms with Gasteiger partial charge in [-0.3, -0.25) is 10.1 Å². The Labute approximate surface area is 199 Å². The maximum absolute atomic E-state index is 14.6. The predicted molar refractivity (Wildman–Crippen MR) is 117 cm³/mol. The van der Waals surface area contributed by atoms with Crippen molar-refractivity contribution in [3.8, 4) is 0 Å². The monoisotopic (exact) mass is 495 g/mol. The van der Waals surface area contributed by atoms with Crippen LogP contribution in [0, 0.1) is 39.3 Å². The van der Waals surface area contributed by atoms with E-state index in [1.165, 1.54) is 26.4 Å². The molecule has 2 aliphatic rings. The largest absolute Gasteiger partial charge is 0.362 e. The number of hydrogen-bond acceptors (Lipinski definition) is 6. The van der Waals surface area contributed by atoms with Gasteiger partial charge in [-0.25, -0.2) is 17.6 Å². The summed E-state index contributed by atoms with van der Waals surface area (Å²) in [4.78, 5) is 13.4. The lowest BCUT2D eigenvalue weighted by Crippen LogP contribution is -2.66. The summed E-state index contributed by atoms with van der Waals surface area (Å²) < 4.78 is 67.3. The van der Waals surface area contributed by atoms with Crippen LogP contribution in [-0.2, 0) is 22.6 Å². The van der Waals surface area contributed by atoms with Gasteiger partial charge in [-0.1, -0.05) is 18.6 Å². The molecule has 0 saturated heterocycles. The molecular formula is C24H25F4N3O4. The van der Waals surface area contributed by atoms with Crippen LogP contribution < -0.4 is 5.32 Å². The van der Waals surface area contributed by atoms with Crippen LogP contribution in [0.15, 0.2) is 47.9 Å². The average Bonchev–Trinajstić information content (AvgIpc) is 2.81.